The van der Waals surface area contributed by atoms with E-state index in [1.165, 1.54) is 23.5 Å². The van der Waals surface area contributed by atoms with E-state index in [1.807, 2.05) is 13.0 Å². The summed E-state index contributed by atoms with van der Waals surface area (Å²) in [6.45, 7) is 1.98. The lowest BCUT2D eigenvalue weighted by atomic mass is 10.1. The Morgan fingerprint density at radius 1 is 1.33 bits per heavy atom. The van der Waals surface area contributed by atoms with Crippen molar-refractivity contribution < 1.29 is 8.78 Å². The molecule has 96 valence electrons. The molecule has 0 aliphatic carbocycles. The van der Waals surface area contributed by atoms with E-state index in [1.54, 1.807) is 0 Å². The van der Waals surface area contributed by atoms with Crippen LogP contribution in [-0.4, -0.2) is 0 Å². The topological polar surface area (TPSA) is 0 Å². The molecule has 0 fully saturated rings. The van der Waals surface area contributed by atoms with Crippen LogP contribution in [0.15, 0.2) is 28.1 Å². The summed E-state index contributed by atoms with van der Waals surface area (Å²) in [7, 11) is 0. The van der Waals surface area contributed by atoms with Crippen molar-refractivity contribution in [3.63, 3.8) is 0 Å². The molecule has 0 spiro atoms. The van der Waals surface area contributed by atoms with E-state index in [-0.39, 0.29) is 5.38 Å². The number of alkyl halides is 1. The molecule has 1 heterocycles. The minimum atomic E-state index is -0.572. The number of aryl methyl sites for hydroxylation is 1. The van der Waals surface area contributed by atoms with E-state index in [0.717, 1.165) is 20.3 Å². The molecule has 0 radical (unpaired) electrons. The van der Waals surface area contributed by atoms with Gasteiger partial charge in [-0.15, -0.1) is 22.9 Å². The van der Waals surface area contributed by atoms with E-state index < -0.39 is 11.6 Å². The standard InChI is InChI=1S/C13H10BrClF2S/c1-7-4-12(18-13(7)14)10(15)5-8-2-3-9(16)6-11(8)17/h2-4,6,10H,5H2,1H3. The first-order valence-corrected chi connectivity index (χ1v) is 7.36. The molecule has 1 atom stereocenters. The van der Waals surface area contributed by atoms with Gasteiger partial charge in [0.1, 0.15) is 11.6 Å². The van der Waals surface area contributed by atoms with Gasteiger partial charge in [0, 0.05) is 10.9 Å². The van der Waals surface area contributed by atoms with Gasteiger partial charge >= 0.3 is 0 Å². The number of thiophene rings is 1. The molecule has 2 aromatic rings. The van der Waals surface area contributed by atoms with Crippen LogP contribution < -0.4 is 0 Å². The molecule has 5 heteroatoms. The summed E-state index contributed by atoms with van der Waals surface area (Å²) in [6.07, 6.45) is 0.347. The van der Waals surface area contributed by atoms with Crippen LogP contribution in [0.3, 0.4) is 0 Å². The van der Waals surface area contributed by atoms with Crippen LogP contribution in [0.2, 0.25) is 0 Å². The average Bonchev–Trinajstić information content (AvgIpc) is 2.63. The molecule has 0 bridgehead atoms. The lowest BCUT2D eigenvalue weighted by molar-refractivity contribution is 0.571. The summed E-state index contributed by atoms with van der Waals surface area (Å²) in [5.74, 6) is -1.12. The predicted molar refractivity (Wildman–Crippen MR) is 75.4 cm³/mol. The third-order valence-corrected chi connectivity index (χ3v) is 5.37. The fraction of sp³-hybridized carbons (Fsp3) is 0.231. The summed E-state index contributed by atoms with van der Waals surface area (Å²) < 4.78 is 27.3. The van der Waals surface area contributed by atoms with Crippen LogP contribution in [-0.2, 0) is 6.42 Å². The Hall–Kier alpha value is -0.450. The third-order valence-electron chi connectivity index (χ3n) is 2.60. The summed E-state index contributed by atoms with van der Waals surface area (Å²) in [5, 5.41) is -0.306. The predicted octanol–water partition coefficient (Wildman–Crippen LogP) is 5.62. The normalized spacial score (nSPS) is 12.7. The molecule has 0 amide bonds. The maximum absolute atomic E-state index is 13.5. The van der Waals surface area contributed by atoms with Crippen molar-refractivity contribution in [1.29, 1.82) is 0 Å². The van der Waals surface area contributed by atoms with Crippen LogP contribution in [0.5, 0.6) is 0 Å². The molecule has 18 heavy (non-hydrogen) atoms. The van der Waals surface area contributed by atoms with Crippen molar-refractivity contribution in [2.24, 2.45) is 0 Å². The van der Waals surface area contributed by atoms with Gasteiger partial charge in [0.2, 0.25) is 0 Å². The molecule has 2 rings (SSSR count). The quantitative estimate of drug-likeness (QED) is 0.630. The zero-order valence-corrected chi connectivity index (χ0v) is 12.7. The van der Waals surface area contributed by atoms with Crippen molar-refractivity contribution in [1.82, 2.24) is 0 Å². The van der Waals surface area contributed by atoms with Gasteiger partial charge in [-0.1, -0.05) is 6.07 Å². The molecule has 0 saturated heterocycles. The van der Waals surface area contributed by atoms with Gasteiger partial charge in [0.25, 0.3) is 0 Å². The summed E-state index contributed by atoms with van der Waals surface area (Å²) >= 11 is 11.2. The maximum atomic E-state index is 13.5. The Morgan fingerprint density at radius 2 is 2.06 bits per heavy atom. The lowest BCUT2D eigenvalue weighted by Gasteiger charge is -2.08. The second-order valence-electron chi connectivity index (χ2n) is 4.01. The number of halogens is 4. The molecule has 1 unspecified atom stereocenters. The van der Waals surface area contributed by atoms with E-state index in [9.17, 15) is 8.78 Å². The van der Waals surface area contributed by atoms with E-state index in [4.69, 9.17) is 11.6 Å². The van der Waals surface area contributed by atoms with Gasteiger partial charge in [-0.3, -0.25) is 0 Å². The first-order chi connectivity index (χ1) is 8.47. The molecule has 0 saturated carbocycles. The highest BCUT2D eigenvalue weighted by molar-refractivity contribution is 9.11. The molecule has 0 nitrogen and oxygen atoms in total. The summed E-state index contributed by atoms with van der Waals surface area (Å²) in [6, 6.07) is 5.55. The zero-order chi connectivity index (χ0) is 13.3. The second kappa shape index (κ2) is 5.68. The zero-order valence-electron chi connectivity index (χ0n) is 9.51. The van der Waals surface area contributed by atoms with Crippen LogP contribution in [0.1, 0.15) is 21.4 Å². The Kier molecular flexibility index (Phi) is 4.41. The monoisotopic (exact) mass is 350 g/mol. The SMILES string of the molecule is Cc1cc(C(Cl)Cc2ccc(F)cc2F)sc1Br. The van der Waals surface area contributed by atoms with Crippen molar-refractivity contribution in [2.75, 3.05) is 0 Å². The highest BCUT2D eigenvalue weighted by atomic mass is 79.9. The molecule has 0 aliphatic heterocycles. The van der Waals surface area contributed by atoms with E-state index >= 15 is 0 Å². The molecular weight excluding hydrogens is 342 g/mol. The van der Waals surface area contributed by atoms with Gasteiger partial charge in [-0.2, -0.15) is 0 Å². The molecule has 0 aliphatic rings. The van der Waals surface area contributed by atoms with Crippen molar-refractivity contribution in [3.8, 4) is 0 Å². The Balaban J connectivity index is 2.18. The van der Waals surface area contributed by atoms with Gasteiger partial charge in [-0.25, -0.2) is 8.78 Å². The summed E-state index contributed by atoms with van der Waals surface area (Å²) in [5.41, 5.74) is 1.54. The number of hydrogen-bond acceptors (Lipinski definition) is 1. The first kappa shape index (κ1) is 14.0. The molecular formula is C13H10BrClF2S. The van der Waals surface area contributed by atoms with Crippen molar-refractivity contribution in [2.45, 2.75) is 18.7 Å². The summed E-state index contributed by atoms with van der Waals surface area (Å²) in [4.78, 5) is 0.977. The first-order valence-electron chi connectivity index (χ1n) is 5.31. The van der Waals surface area contributed by atoms with Crippen LogP contribution in [0.4, 0.5) is 8.78 Å². The van der Waals surface area contributed by atoms with E-state index in [0.29, 0.717) is 12.0 Å². The Morgan fingerprint density at radius 3 is 2.61 bits per heavy atom. The number of benzene rings is 1. The van der Waals surface area contributed by atoms with E-state index in [2.05, 4.69) is 15.9 Å². The highest BCUT2D eigenvalue weighted by Gasteiger charge is 2.15. The lowest BCUT2D eigenvalue weighted by Crippen LogP contribution is -1.97. The third kappa shape index (κ3) is 3.11. The fourth-order valence-electron chi connectivity index (χ4n) is 1.62. The van der Waals surface area contributed by atoms with Crippen LogP contribution in [0.25, 0.3) is 0 Å². The fourth-order valence-corrected chi connectivity index (χ4v) is 3.53. The van der Waals surface area contributed by atoms with Gasteiger partial charge in [0.15, 0.2) is 0 Å². The smallest absolute Gasteiger partial charge is 0.129 e. The second-order valence-corrected chi connectivity index (χ2v) is 6.94. The van der Waals surface area contributed by atoms with Crippen LogP contribution in [0, 0.1) is 18.6 Å². The largest absolute Gasteiger partial charge is 0.207 e. The minimum Gasteiger partial charge on any atom is -0.207 e. The van der Waals surface area contributed by atoms with Gasteiger partial charge < -0.3 is 0 Å². The molecule has 1 aromatic heterocycles. The minimum absolute atomic E-state index is 0.306. The van der Waals surface area contributed by atoms with Gasteiger partial charge in [-0.05, 0) is 52.5 Å². The Labute approximate surface area is 122 Å². The molecule has 0 N–H and O–H groups in total. The maximum Gasteiger partial charge on any atom is 0.129 e. The van der Waals surface area contributed by atoms with Gasteiger partial charge in [0.05, 0.1) is 9.16 Å². The number of rotatable bonds is 3. The number of hydrogen-bond donors (Lipinski definition) is 0. The van der Waals surface area contributed by atoms with Crippen molar-refractivity contribution >= 4 is 38.9 Å². The van der Waals surface area contributed by atoms with Crippen molar-refractivity contribution in [3.05, 3.63) is 55.7 Å². The highest BCUT2D eigenvalue weighted by Crippen LogP contribution is 2.36. The molecule has 1 aromatic carbocycles. The Bertz CT molecular complexity index is 549. The average molecular weight is 352 g/mol. The van der Waals surface area contributed by atoms with Crippen LogP contribution >= 0.6 is 38.9 Å².